The number of hydrogen-bond acceptors (Lipinski definition) is 8. The first kappa shape index (κ1) is 16.5. The van der Waals surface area contributed by atoms with Gasteiger partial charge in [0.05, 0.1) is 15.8 Å². The number of benzene rings is 1. The number of sulfonamides is 1. The number of ether oxygens (including phenoxy) is 1. The summed E-state index contributed by atoms with van der Waals surface area (Å²) in [6.07, 6.45) is -0.780. The van der Waals surface area contributed by atoms with Crippen molar-refractivity contribution < 1.29 is 33.2 Å². The molecule has 0 aliphatic rings. The fourth-order valence-corrected chi connectivity index (χ4v) is 1.76. The number of carbonyl (C=O) groups excluding carboxylic acids is 1. The third-order valence-corrected chi connectivity index (χ3v) is 3.07. The zero-order valence-electron chi connectivity index (χ0n) is 10.5. The van der Waals surface area contributed by atoms with Gasteiger partial charge in [-0.15, -0.1) is 0 Å². The largest absolute Gasteiger partial charge is 0.459 e. The van der Waals surface area contributed by atoms with E-state index in [0.29, 0.717) is 0 Å². The Morgan fingerprint density at radius 1 is 1.35 bits per heavy atom. The number of rotatable bonds is 6. The lowest BCUT2D eigenvalue weighted by molar-refractivity contribution is -0.504. The number of carbonyl (C=O) groups is 1. The van der Waals surface area contributed by atoms with Crippen molar-refractivity contribution in [2.24, 2.45) is 5.14 Å². The number of nitrogens with two attached hydrogens (primary N) is 1. The molecule has 9 nitrogen and oxygen atoms in total. The molecule has 0 heterocycles. The lowest BCUT2D eigenvalue weighted by Gasteiger charge is -2.14. The fraction of sp³-hybridized carbons (Fsp3) is 0.300. The van der Waals surface area contributed by atoms with Gasteiger partial charge in [0.25, 0.3) is 0 Å². The standard InChI is InChI=1S/C10H14N2O7S/c1-7(19-12(14)15)6-18-10(13)8-2-4-9(5-3-8)20(11,16)17/h2-5,7,14-15H,6H2,1H3,(H2,11,16,17). The Morgan fingerprint density at radius 2 is 1.90 bits per heavy atom. The van der Waals surface area contributed by atoms with E-state index in [9.17, 15) is 13.2 Å². The van der Waals surface area contributed by atoms with Gasteiger partial charge in [-0.3, -0.25) is 10.4 Å². The third-order valence-electron chi connectivity index (χ3n) is 2.14. The Morgan fingerprint density at radius 3 is 2.35 bits per heavy atom. The highest BCUT2D eigenvalue weighted by molar-refractivity contribution is 7.89. The van der Waals surface area contributed by atoms with Crippen LogP contribution in [0.25, 0.3) is 0 Å². The molecule has 10 heteroatoms. The quantitative estimate of drug-likeness (QED) is 0.488. The third kappa shape index (κ3) is 5.21. The summed E-state index contributed by atoms with van der Waals surface area (Å²) in [5, 5.41) is 21.2. The van der Waals surface area contributed by atoms with Crippen LogP contribution >= 0.6 is 0 Å². The summed E-state index contributed by atoms with van der Waals surface area (Å²) in [5.74, 6) is -0.719. The van der Waals surface area contributed by atoms with Gasteiger partial charge in [0.1, 0.15) is 12.7 Å². The second-order valence-electron chi connectivity index (χ2n) is 3.84. The van der Waals surface area contributed by atoms with E-state index in [1.165, 1.54) is 31.2 Å². The number of primary sulfonamides is 1. The minimum atomic E-state index is -3.82. The summed E-state index contributed by atoms with van der Waals surface area (Å²) in [6, 6.07) is 4.85. The van der Waals surface area contributed by atoms with E-state index in [4.69, 9.17) is 20.3 Å². The van der Waals surface area contributed by atoms with Crippen LogP contribution in [0.2, 0.25) is 0 Å². The molecule has 1 aromatic carbocycles. The van der Waals surface area contributed by atoms with Crippen molar-refractivity contribution in [1.82, 2.24) is 5.39 Å². The molecule has 0 spiro atoms. The second-order valence-corrected chi connectivity index (χ2v) is 5.40. The molecule has 0 radical (unpaired) electrons. The van der Waals surface area contributed by atoms with Crippen LogP contribution in [0.1, 0.15) is 17.3 Å². The normalized spacial score (nSPS) is 13.2. The lowest BCUT2D eigenvalue weighted by atomic mass is 10.2. The van der Waals surface area contributed by atoms with Gasteiger partial charge in [-0.25, -0.2) is 23.2 Å². The molecule has 0 saturated carbocycles. The van der Waals surface area contributed by atoms with Gasteiger partial charge in [0, 0.05) is 0 Å². The SMILES string of the molecule is CC(COC(=O)c1ccc(S(N)(=O)=O)cc1)ON(O)O. The molecule has 20 heavy (non-hydrogen) atoms. The maximum atomic E-state index is 11.6. The van der Waals surface area contributed by atoms with Crippen molar-refractivity contribution in [2.75, 3.05) is 6.61 Å². The van der Waals surface area contributed by atoms with Crippen molar-refractivity contribution in [3.8, 4) is 0 Å². The van der Waals surface area contributed by atoms with Crippen molar-refractivity contribution in [2.45, 2.75) is 17.9 Å². The summed E-state index contributed by atoms with van der Waals surface area (Å²) < 4.78 is 26.9. The Hall–Kier alpha value is -1.56. The molecule has 1 aromatic rings. The zero-order chi connectivity index (χ0) is 15.3. The minimum Gasteiger partial charge on any atom is -0.459 e. The minimum absolute atomic E-state index is 0.120. The molecule has 0 amide bonds. The van der Waals surface area contributed by atoms with E-state index in [1.807, 2.05) is 0 Å². The van der Waals surface area contributed by atoms with E-state index in [-0.39, 0.29) is 17.1 Å². The van der Waals surface area contributed by atoms with E-state index in [2.05, 4.69) is 4.84 Å². The van der Waals surface area contributed by atoms with Gasteiger partial charge in [0.15, 0.2) is 0 Å². The average Bonchev–Trinajstić information content (AvgIpc) is 2.34. The van der Waals surface area contributed by atoms with Crippen molar-refractivity contribution >= 4 is 16.0 Å². The molecular formula is C10H14N2O7S. The number of nitrogens with zero attached hydrogens (tertiary/aromatic N) is 1. The molecule has 1 rings (SSSR count). The second kappa shape index (κ2) is 6.74. The summed E-state index contributed by atoms with van der Waals surface area (Å²) >= 11 is 0. The molecule has 0 aromatic heterocycles. The predicted octanol–water partition coefficient (Wildman–Crippen LogP) is -0.109. The van der Waals surface area contributed by atoms with Crippen LogP contribution in [0, 0.1) is 0 Å². The van der Waals surface area contributed by atoms with Crippen LogP contribution in [0.4, 0.5) is 0 Å². The van der Waals surface area contributed by atoms with Crippen molar-refractivity contribution in [1.29, 1.82) is 0 Å². The van der Waals surface area contributed by atoms with Crippen LogP contribution in [0.5, 0.6) is 0 Å². The number of esters is 1. The van der Waals surface area contributed by atoms with Crippen LogP contribution in [0.3, 0.4) is 0 Å². The molecule has 1 unspecified atom stereocenters. The molecule has 0 saturated heterocycles. The predicted molar refractivity (Wildman–Crippen MR) is 64.1 cm³/mol. The van der Waals surface area contributed by atoms with Crippen LogP contribution < -0.4 is 5.14 Å². The average molecular weight is 306 g/mol. The molecule has 0 bridgehead atoms. The maximum Gasteiger partial charge on any atom is 0.338 e. The number of hydrogen-bond donors (Lipinski definition) is 3. The first-order chi connectivity index (χ1) is 9.20. The molecular weight excluding hydrogens is 292 g/mol. The molecule has 112 valence electrons. The van der Waals surface area contributed by atoms with E-state index < -0.39 is 27.5 Å². The Labute approximate surface area is 115 Å². The maximum absolute atomic E-state index is 11.6. The van der Waals surface area contributed by atoms with Crippen molar-refractivity contribution in [3.63, 3.8) is 0 Å². The van der Waals surface area contributed by atoms with E-state index >= 15 is 0 Å². The highest BCUT2D eigenvalue weighted by Crippen LogP contribution is 2.10. The molecule has 1 atom stereocenters. The van der Waals surface area contributed by atoms with E-state index in [1.54, 1.807) is 0 Å². The van der Waals surface area contributed by atoms with Gasteiger partial charge >= 0.3 is 5.97 Å². The monoisotopic (exact) mass is 306 g/mol. The van der Waals surface area contributed by atoms with Crippen LogP contribution in [0.15, 0.2) is 29.2 Å². The summed E-state index contributed by atoms with van der Waals surface area (Å²) in [4.78, 5) is 15.8. The Bertz CT molecular complexity index is 555. The van der Waals surface area contributed by atoms with Crippen molar-refractivity contribution in [3.05, 3.63) is 29.8 Å². The van der Waals surface area contributed by atoms with Gasteiger partial charge < -0.3 is 4.74 Å². The van der Waals surface area contributed by atoms with Gasteiger partial charge in [-0.1, -0.05) is 0 Å². The molecule has 0 aliphatic heterocycles. The Kier molecular flexibility index (Phi) is 5.56. The summed E-state index contributed by atoms with van der Waals surface area (Å²) in [7, 11) is -3.82. The molecule has 0 aliphatic carbocycles. The Balaban J connectivity index is 2.60. The van der Waals surface area contributed by atoms with Gasteiger partial charge in [0.2, 0.25) is 10.0 Å². The van der Waals surface area contributed by atoms with E-state index in [0.717, 1.165) is 0 Å². The topological polar surface area (TPSA) is 139 Å². The first-order valence-electron chi connectivity index (χ1n) is 5.35. The molecule has 0 fully saturated rings. The van der Waals surface area contributed by atoms with Gasteiger partial charge in [-0.2, -0.15) is 0 Å². The highest BCUT2D eigenvalue weighted by atomic mass is 32.2. The van der Waals surface area contributed by atoms with Crippen LogP contribution in [-0.2, 0) is 19.6 Å². The van der Waals surface area contributed by atoms with Crippen LogP contribution in [-0.4, -0.2) is 42.9 Å². The lowest BCUT2D eigenvalue weighted by Crippen LogP contribution is -2.26. The zero-order valence-corrected chi connectivity index (χ0v) is 11.3. The smallest absolute Gasteiger partial charge is 0.338 e. The highest BCUT2D eigenvalue weighted by Gasteiger charge is 2.13. The summed E-state index contributed by atoms with van der Waals surface area (Å²) in [5.41, 5.74) is 0.120. The first-order valence-corrected chi connectivity index (χ1v) is 6.89. The summed E-state index contributed by atoms with van der Waals surface area (Å²) in [6.45, 7) is 1.21. The van der Waals surface area contributed by atoms with Gasteiger partial charge in [-0.05, 0) is 31.2 Å². The molecule has 4 N–H and O–H groups in total. The fourth-order valence-electron chi connectivity index (χ4n) is 1.25.